The molecule has 0 aliphatic rings. The van der Waals surface area contributed by atoms with Gasteiger partial charge in [-0.05, 0) is 30.3 Å². The van der Waals surface area contributed by atoms with Crippen molar-refractivity contribution in [3.63, 3.8) is 0 Å². The van der Waals surface area contributed by atoms with Crippen LogP contribution in [0.3, 0.4) is 0 Å². The molecule has 0 unspecified atom stereocenters. The number of rotatable bonds is 11. The lowest BCUT2D eigenvalue weighted by Gasteiger charge is -2.25. The van der Waals surface area contributed by atoms with E-state index in [4.69, 9.17) is 9.47 Å². The highest BCUT2D eigenvalue weighted by molar-refractivity contribution is 5.93. The van der Waals surface area contributed by atoms with E-state index >= 15 is 0 Å². The van der Waals surface area contributed by atoms with E-state index < -0.39 is 16.9 Å². The number of benzene rings is 2. The Morgan fingerprint density at radius 2 is 1.53 bits per heavy atom. The van der Waals surface area contributed by atoms with Gasteiger partial charge in [-0.15, -0.1) is 5.11 Å². The van der Waals surface area contributed by atoms with Crippen molar-refractivity contribution in [1.29, 1.82) is 0 Å². The molecular weight excluding hydrogens is 446 g/mol. The van der Waals surface area contributed by atoms with Crippen LogP contribution in [0.5, 0.6) is 0 Å². The quantitative estimate of drug-likeness (QED) is 0.224. The largest absolute Gasteiger partial charge is 0.464 e. The molecule has 2 aromatic carbocycles. The number of hydrogen-bond acceptors (Lipinski definition) is 10. The van der Waals surface area contributed by atoms with E-state index in [0.29, 0.717) is 35.8 Å². The maximum atomic E-state index is 11.7. The molecule has 0 saturated heterocycles. The van der Waals surface area contributed by atoms with Crippen molar-refractivity contribution in [2.45, 2.75) is 20.8 Å². The van der Waals surface area contributed by atoms with Gasteiger partial charge in [-0.1, -0.05) is 0 Å². The van der Waals surface area contributed by atoms with E-state index in [2.05, 4.69) is 15.5 Å². The first-order valence-corrected chi connectivity index (χ1v) is 10.2. The third-order valence-electron chi connectivity index (χ3n) is 4.32. The van der Waals surface area contributed by atoms with Crippen LogP contribution in [0.2, 0.25) is 0 Å². The molecule has 1 N–H and O–H groups in total. The maximum absolute atomic E-state index is 11.7. The molecule has 34 heavy (non-hydrogen) atoms. The summed E-state index contributed by atoms with van der Waals surface area (Å²) >= 11 is 0. The second-order valence-corrected chi connectivity index (χ2v) is 7.02. The summed E-state index contributed by atoms with van der Waals surface area (Å²) in [7, 11) is 0. The molecule has 0 aliphatic heterocycles. The fourth-order valence-corrected chi connectivity index (χ4v) is 2.82. The zero-order valence-corrected chi connectivity index (χ0v) is 19.0. The summed E-state index contributed by atoms with van der Waals surface area (Å²) in [6.07, 6.45) is 0. The van der Waals surface area contributed by atoms with Gasteiger partial charge in [0.2, 0.25) is 5.91 Å². The minimum atomic E-state index is -0.511. The van der Waals surface area contributed by atoms with Crippen molar-refractivity contribution in [3.8, 4) is 0 Å². The zero-order valence-electron chi connectivity index (χ0n) is 19.0. The van der Waals surface area contributed by atoms with Crippen LogP contribution < -0.4 is 10.2 Å². The Bertz CT molecular complexity index is 1050. The highest BCUT2D eigenvalue weighted by Gasteiger charge is 2.13. The van der Waals surface area contributed by atoms with Gasteiger partial charge < -0.3 is 19.7 Å². The number of nitro benzene ring substituents is 1. The maximum Gasteiger partial charge on any atom is 0.302 e. The molecular formula is C22H25N5O7. The number of esters is 2. The first-order valence-electron chi connectivity index (χ1n) is 10.2. The molecule has 1 amide bonds. The second kappa shape index (κ2) is 12.6. The lowest BCUT2D eigenvalue weighted by atomic mass is 10.2. The number of ether oxygens (including phenoxy) is 2. The number of hydrogen-bond donors (Lipinski definition) is 1. The van der Waals surface area contributed by atoms with Gasteiger partial charge in [0.15, 0.2) is 0 Å². The molecule has 0 atom stereocenters. The Morgan fingerprint density at radius 1 is 0.941 bits per heavy atom. The van der Waals surface area contributed by atoms with Crippen LogP contribution in [-0.4, -0.2) is 49.1 Å². The predicted molar refractivity (Wildman–Crippen MR) is 123 cm³/mol. The molecule has 0 aliphatic carbocycles. The van der Waals surface area contributed by atoms with Gasteiger partial charge in [-0.3, -0.25) is 24.5 Å². The Hall–Kier alpha value is -4.35. The van der Waals surface area contributed by atoms with Crippen LogP contribution in [0, 0.1) is 10.1 Å². The monoisotopic (exact) mass is 471 g/mol. The third-order valence-corrected chi connectivity index (χ3v) is 4.32. The van der Waals surface area contributed by atoms with E-state index in [1.807, 2.05) is 4.90 Å². The van der Waals surface area contributed by atoms with Crippen molar-refractivity contribution in [2.24, 2.45) is 10.2 Å². The van der Waals surface area contributed by atoms with E-state index in [1.165, 1.54) is 45.0 Å². The van der Waals surface area contributed by atoms with Crippen LogP contribution in [-0.2, 0) is 23.9 Å². The Kier molecular flexibility index (Phi) is 9.62. The summed E-state index contributed by atoms with van der Waals surface area (Å²) in [5.41, 5.74) is 1.73. The zero-order chi connectivity index (χ0) is 25.1. The lowest BCUT2D eigenvalue weighted by Crippen LogP contribution is -2.32. The smallest absolute Gasteiger partial charge is 0.302 e. The summed E-state index contributed by atoms with van der Waals surface area (Å²) in [6, 6.07) is 10.6. The lowest BCUT2D eigenvalue weighted by molar-refractivity contribution is -0.384. The number of anilines is 2. The van der Waals surface area contributed by atoms with E-state index in [1.54, 1.807) is 18.2 Å². The molecule has 0 radical (unpaired) electrons. The number of azo groups is 1. The second-order valence-electron chi connectivity index (χ2n) is 7.02. The van der Waals surface area contributed by atoms with Crippen molar-refractivity contribution < 1.29 is 28.8 Å². The Balaban J connectivity index is 2.28. The summed E-state index contributed by atoms with van der Waals surface area (Å²) < 4.78 is 10.0. The van der Waals surface area contributed by atoms with Crippen molar-refractivity contribution in [1.82, 2.24) is 0 Å². The van der Waals surface area contributed by atoms with Gasteiger partial charge in [0, 0.05) is 38.6 Å². The van der Waals surface area contributed by atoms with Gasteiger partial charge in [0.05, 0.1) is 29.4 Å². The first-order chi connectivity index (χ1) is 16.2. The van der Waals surface area contributed by atoms with Gasteiger partial charge >= 0.3 is 11.9 Å². The average Bonchev–Trinajstić information content (AvgIpc) is 2.76. The highest BCUT2D eigenvalue weighted by atomic mass is 16.6. The van der Waals surface area contributed by atoms with Gasteiger partial charge in [0.25, 0.3) is 5.69 Å². The van der Waals surface area contributed by atoms with Gasteiger partial charge in [-0.25, -0.2) is 0 Å². The van der Waals surface area contributed by atoms with Crippen LogP contribution in [0.4, 0.5) is 28.4 Å². The number of nitrogens with one attached hydrogen (secondary N) is 1. The minimum Gasteiger partial charge on any atom is -0.464 e. The summed E-state index contributed by atoms with van der Waals surface area (Å²) in [6.45, 7) is 4.85. The standard InChI is InChI=1S/C22H25N5O7/c1-15(28)23-22-14-20(26(10-12-33-16(2)29)11-13-34-17(3)30)8-9-21(22)25-24-18-4-6-19(7-5-18)27(31)32/h4-9,14H,10-13H2,1-3H3,(H,23,28). The third kappa shape index (κ3) is 8.65. The van der Waals surface area contributed by atoms with Crippen LogP contribution >= 0.6 is 0 Å². The number of non-ortho nitro benzene ring substituents is 1. The molecule has 12 nitrogen and oxygen atoms in total. The Labute approximate surface area is 195 Å². The van der Waals surface area contributed by atoms with Crippen molar-refractivity contribution in [2.75, 3.05) is 36.5 Å². The number of carbonyl (C=O) groups excluding carboxylic acids is 3. The number of nitro groups is 1. The summed E-state index contributed by atoms with van der Waals surface area (Å²) in [5.74, 6) is -1.16. The van der Waals surface area contributed by atoms with Crippen molar-refractivity contribution >= 4 is 46.3 Å². The van der Waals surface area contributed by atoms with Crippen LogP contribution in [0.25, 0.3) is 0 Å². The normalized spacial score (nSPS) is 10.6. The van der Waals surface area contributed by atoms with E-state index in [0.717, 1.165) is 0 Å². The van der Waals surface area contributed by atoms with Crippen LogP contribution in [0.1, 0.15) is 20.8 Å². The molecule has 0 spiro atoms. The number of nitrogens with zero attached hydrogens (tertiary/aromatic N) is 4. The van der Waals surface area contributed by atoms with E-state index in [-0.39, 0.29) is 24.8 Å². The SMILES string of the molecule is CC(=O)Nc1cc(N(CCOC(C)=O)CCOC(C)=O)ccc1N=Nc1ccc([N+](=O)[O-])cc1. The van der Waals surface area contributed by atoms with Crippen molar-refractivity contribution in [3.05, 3.63) is 52.6 Å². The molecule has 0 fully saturated rings. The average molecular weight is 471 g/mol. The van der Waals surface area contributed by atoms with E-state index in [9.17, 15) is 24.5 Å². The number of amides is 1. The molecule has 12 heteroatoms. The molecule has 2 rings (SSSR count). The fourth-order valence-electron chi connectivity index (χ4n) is 2.82. The van der Waals surface area contributed by atoms with Gasteiger partial charge in [-0.2, -0.15) is 5.11 Å². The molecule has 180 valence electrons. The van der Waals surface area contributed by atoms with Crippen LogP contribution in [0.15, 0.2) is 52.7 Å². The van der Waals surface area contributed by atoms with Gasteiger partial charge in [0.1, 0.15) is 18.9 Å². The Morgan fingerprint density at radius 3 is 2.03 bits per heavy atom. The highest BCUT2D eigenvalue weighted by Crippen LogP contribution is 2.32. The molecule has 0 heterocycles. The first kappa shape index (κ1) is 25.9. The molecule has 0 bridgehead atoms. The molecule has 2 aromatic rings. The number of carbonyl (C=O) groups is 3. The summed E-state index contributed by atoms with van der Waals surface area (Å²) in [4.78, 5) is 46.1. The topological polar surface area (TPSA) is 153 Å². The minimum absolute atomic E-state index is 0.0650. The predicted octanol–water partition coefficient (Wildman–Crippen LogP) is 3.90. The summed E-state index contributed by atoms with van der Waals surface area (Å²) in [5, 5.41) is 21.7. The fraction of sp³-hybridized carbons (Fsp3) is 0.318. The molecule has 0 saturated carbocycles. The molecule has 0 aromatic heterocycles.